The van der Waals surface area contributed by atoms with Crippen LogP contribution in [0.15, 0.2) is 24.5 Å². The maximum absolute atomic E-state index is 12.4. The van der Waals surface area contributed by atoms with Crippen molar-refractivity contribution in [3.63, 3.8) is 0 Å². The third kappa shape index (κ3) is 5.74. The molecule has 7 nitrogen and oxygen atoms in total. The number of likely N-dealkylation sites (N-methyl/N-ethyl adjacent to an activating group) is 1. The summed E-state index contributed by atoms with van der Waals surface area (Å²) in [6.45, 7) is 5.13. The van der Waals surface area contributed by atoms with Crippen LogP contribution in [0.3, 0.4) is 0 Å². The second kappa shape index (κ2) is 9.80. The molecule has 0 aliphatic carbocycles. The second-order valence-electron chi connectivity index (χ2n) is 7.59. The van der Waals surface area contributed by atoms with Gasteiger partial charge < -0.3 is 10.6 Å². The molecule has 3 heterocycles. The number of amides is 2. The highest BCUT2D eigenvalue weighted by atomic mass is 16.2. The van der Waals surface area contributed by atoms with Gasteiger partial charge in [-0.3, -0.25) is 24.4 Å². The van der Waals surface area contributed by atoms with Crippen LogP contribution in [0.2, 0.25) is 0 Å². The first-order valence-electron chi connectivity index (χ1n) is 9.99. The fourth-order valence-electron chi connectivity index (χ4n) is 4.14. The molecule has 148 valence electrons. The van der Waals surface area contributed by atoms with E-state index >= 15 is 0 Å². The minimum atomic E-state index is -0.155. The number of carbonyl (C=O) groups is 2. The molecule has 27 heavy (non-hydrogen) atoms. The van der Waals surface area contributed by atoms with Gasteiger partial charge in [0.25, 0.3) is 0 Å². The van der Waals surface area contributed by atoms with Gasteiger partial charge in [0.05, 0.1) is 12.5 Å². The zero-order valence-electron chi connectivity index (χ0n) is 16.2. The quantitative estimate of drug-likeness (QED) is 0.764. The van der Waals surface area contributed by atoms with E-state index in [-0.39, 0.29) is 24.3 Å². The number of piperidine rings is 2. The molecule has 0 unspecified atom stereocenters. The van der Waals surface area contributed by atoms with E-state index in [9.17, 15) is 9.59 Å². The Labute approximate surface area is 161 Å². The molecule has 0 saturated carbocycles. The second-order valence-corrected chi connectivity index (χ2v) is 7.59. The van der Waals surface area contributed by atoms with E-state index in [0.717, 1.165) is 58.4 Å². The third-order valence-electron chi connectivity index (χ3n) is 5.75. The van der Waals surface area contributed by atoms with E-state index in [0.29, 0.717) is 6.04 Å². The molecule has 0 spiro atoms. The summed E-state index contributed by atoms with van der Waals surface area (Å²) in [4.78, 5) is 32.8. The predicted octanol–water partition coefficient (Wildman–Crippen LogP) is 0.620. The van der Waals surface area contributed by atoms with Gasteiger partial charge in [-0.2, -0.15) is 0 Å². The molecule has 2 aliphatic rings. The normalized spacial score (nSPS) is 22.3. The number of likely N-dealkylation sites (tertiary alicyclic amines) is 2. The lowest BCUT2D eigenvalue weighted by Crippen LogP contribution is -2.51. The van der Waals surface area contributed by atoms with Crippen molar-refractivity contribution in [2.24, 2.45) is 5.92 Å². The average Bonchev–Trinajstić information content (AvgIpc) is 2.73. The van der Waals surface area contributed by atoms with Crippen molar-refractivity contribution in [2.45, 2.75) is 38.3 Å². The molecular formula is C20H31N5O2. The van der Waals surface area contributed by atoms with Crippen LogP contribution < -0.4 is 10.6 Å². The Morgan fingerprint density at radius 1 is 1.15 bits per heavy atom. The smallest absolute Gasteiger partial charge is 0.239 e. The number of hydrogen-bond donors (Lipinski definition) is 2. The van der Waals surface area contributed by atoms with Crippen LogP contribution in [-0.4, -0.2) is 72.4 Å². The summed E-state index contributed by atoms with van der Waals surface area (Å²) < 4.78 is 0. The van der Waals surface area contributed by atoms with E-state index in [1.165, 1.54) is 5.56 Å². The Morgan fingerprint density at radius 3 is 2.59 bits per heavy atom. The van der Waals surface area contributed by atoms with Gasteiger partial charge in [0.15, 0.2) is 0 Å². The lowest BCUT2D eigenvalue weighted by Gasteiger charge is -2.42. The van der Waals surface area contributed by atoms with E-state index in [4.69, 9.17) is 0 Å². The lowest BCUT2D eigenvalue weighted by molar-refractivity contribution is -0.130. The molecule has 2 aliphatic heterocycles. The van der Waals surface area contributed by atoms with Gasteiger partial charge in [-0.15, -0.1) is 0 Å². The summed E-state index contributed by atoms with van der Waals surface area (Å²) in [5.74, 6) is -0.144. The fourth-order valence-corrected chi connectivity index (χ4v) is 4.14. The maximum Gasteiger partial charge on any atom is 0.239 e. The van der Waals surface area contributed by atoms with Crippen molar-refractivity contribution in [1.82, 2.24) is 25.4 Å². The molecule has 1 aromatic rings. The Balaban J connectivity index is 1.43. The van der Waals surface area contributed by atoms with Crippen LogP contribution in [0.5, 0.6) is 0 Å². The molecule has 2 fully saturated rings. The van der Waals surface area contributed by atoms with Crippen LogP contribution in [0, 0.1) is 5.92 Å². The van der Waals surface area contributed by atoms with Gasteiger partial charge in [0.1, 0.15) is 0 Å². The Morgan fingerprint density at radius 2 is 1.89 bits per heavy atom. The first-order valence-corrected chi connectivity index (χ1v) is 9.99. The molecule has 2 amide bonds. The average molecular weight is 374 g/mol. The predicted molar refractivity (Wildman–Crippen MR) is 104 cm³/mol. The molecule has 2 saturated heterocycles. The number of hydrogen-bond acceptors (Lipinski definition) is 5. The lowest BCUT2D eigenvalue weighted by atomic mass is 9.93. The summed E-state index contributed by atoms with van der Waals surface area (Å²) in [7, 11) is 1.58. The van der Waals surface area contributed by atoms with E-state index in [1.807, 2.05) is 12.4 Å². The van der Waals surface area contributed by atoms with Crippen molar-refractivity contribution in [1.29, 1.82) is 0 Å². The van der Waals surface area contributed by atoms with E-state index in [2.05, 4.69) is 37.6 Å². The van der Waals surface area contributed by atoms with E-state index in [1.54, 1.807) is 7.05 Å². The monoisotopic (exact) mass is 373 g/mol. The number of rotatable bonds is 6. The van der Waals surface area contributed by atoms with Gasteiger partial charge >= 0.3 is 0 Å². The first-order chi connectivity index (χ1) is 13.2. The topological polar surface area (TPSA) is 77.6 Å². The van der Waals surface area contributed by atoms with Crippen molar-refractivity contribution in [3.8, 4) is 0 Å². The fraction of sp³-hybridized carbons (Fsp3) is 0.650. The van der Waals surface area contributed by atoms with Gasteiger partial charge in [-0.05, 0) is 63.0 Å². The number of nitrogens with one attached hydrogen (secondary N) is 2. The van der Waals surface area contributed by atoms with Gasteiger partial charge in [-0.1, -0.05) is 0 Å². The van der Waals surface area contributed by atoms with Gasteiger partial charge in [-0.25, -0.2) is 0 Å². The van der Waals surface area contributed by atoms with Crippen LogP contribution in [0.25, 0.3) is 0 Å². The molecule has 1 aromatic heterocycles. The van der Waals surface area contributed by atoms with Crippen molar-refractivity contribution in [2.75, 3.05) is 39.8 Å². The van der Waals surface area contributed by atoms with Gasteiger partial charge in [0, 0.05) is 38.6 Å². The third-order valence-corrected chi connectivity index (χ3v) is 5.75. The molecule has 0 radical (unpaired) electrons. The van der Waals surface area contributed by atoms with Gasteiger partial charge in [0.2, 0.25) is 11.8 Å². The Hall–Kier alpha value is -1.99. The Bertz CT molecular complexity index is 616. The van der Waals surface area contributed by atoms with Crippen LogP contribution >= 0.6 is 0 Å². The number of carbonyl (C=O) groups excluding carboxylic acids is 2. The SMILES string of the molecule is CNC(=O)CNC(=O)[C@@H]1CCCN(C2CCN(Cc3ccncc3)CC2)C1. The summed E-state index contributed by atoms with van der Waals surface area (Å²) in [5.41, 5.74) is 1.31. The van der Waals surface area contributed by atoms with Crippen LogP contribution in [0.4, 0.5) is 0 Å². The highest BCUT2D eigenvalue weighted by molar-refractivity contribution is 5.85. The summed E-state index contributed by atoms with van der Waals surface area (Å²) >= 11 is 0. The molecule has 0 aromatic carbocycles. The van der Waals surface area contributed by atoms with E-state index < -0.39 is 0 Å². The molecule has 0 bridgehead atoms. The molecule has 7 heteroatoms. The highest BCUT2D eigenvalue weighted by Gasteiger charge is 2.31. The number of aromatic nitrogens is 1. The maximum atomic E-state index is 12.4. The molecular weight excluding hydrogens is 342 g/mol. The summed E-state index contributed by atoms with van der Waals surface area (Å²) in [6.07, 6.45) is 7.97. The van der Waals surface area contributed by atoms with Crippen molar-refractivity contribution >= 4 is 11.8 Å². The molecule has 1 atom stereocenters. The zero-order chi connectivity index (χ0) is 19.1. The minimum absolute atomic E-state index is 0.00162. The highest BCUT2D eigenvalue weighted by Crippen LogP contribution is 2.24. The number of nitrogens with zero attached hydrogens (tertiary/aromatic N) is 3. The first kappa shape index (κ1) is 19.8. The minimum Gasteiger partial charge on any atom is -0.358 e. The van der Waals surface area contributed by atoms with Crippen molar-refractivity contribution < 1.29 is 9.59 Å². The molecule has 3 rings (SSSR count). The standard InChI is InChI=1S/C20H31N5O2/c1-21-19(26)13-23-20(27)17-3-2-10-25(15-17)18-6-11-24(12-7-18)14-16-4-8-22-9-5-16/h4-5,8-9,17-18H,2-3,6-7,10-15H2,1H3,(H,21,26)(H,23,27)/t17-/m1/s1. The summed E-state index contributed by atoms with van der Waals surface area (Å²) in [5, 5.41) is 5.30. The number of pyridine rings is 1. The van der Waals surface area contributed by atoms with Crippen LogP contribution in [0.1, 0.15) is 31.2 Å². The zero-order valence-corrected chi connectivity index (χ0v) is 16.2. The van der Waals surface area contributed by atoms with Crippen molar-refractivity contribution in [3.05, 3.63) is 30.1 Å². The van der Waals surface area contributed by atoms with Crippen LogP contribution in [-0.2, 0) is 16.1 Å². The largest absolute Gasteiger partial charge is 0.358 e. The Kier molecular flexibility index (Phi) is 7.18. The summed E-state index contributed by atoms with van der Waals surface area (Å²) in [6, 6.07) is 4.73. The molecule has 2 N–H and O–H groups in total.